The molecule has 0 aromatic heterocycles. The molecule has 0 saturated carbocycles. The molecule has 0 aliphatic rings. The minimum Gasteiger partial charge on any atom is -0.394 e. The molecular weight excluding hydrogens is 747 g/mol. The number of aliphatic hydroxyl groups is 2. The lowest BCUT2D eigenvalue weighted by Gasteiger charge is -2.19. The van der Waals surface area contributed by atoms with Crippen molar-refractivity contribution in [2.24, 2.45) is 0 Å². The molecule has 0 aromatic carbocycles. The molecule has 2 atom stereocenters. The zero-order valence-electron chi connectivity index (χ0n) is 39.1. The summed E-state index contributed by atoms with van der Waals surface area (Å²) in [5.41, 5.74) is 0. The van der Waals surface area contributed by atoms with Gasteiger partial charge in [0.1, 0.15) is 0 Å². The largest absolute Gasteiger partial charge is 0.394 e. The van der Waals surface area contributed by atoms with Gasteiger partial charge >= 0.3 is 0 Å². The predicted molar refractivity (Wildman–Crippen MR) is 271 cm³/mol. The van der Waals surface area contributed by atoms with Gasteiger partial charge < -0.3 is 15.5 Å². The maximum Gasteiger partial charge on any atom is 0.220 e. The average Bonchev–Trinajstić information content (AvgIpc) is 3.26. The van der Waals surface area contributed by atoms with Gasteiger partial charge in [0.2, 0.25) is 5.91 Å². The van der Waals surface area contributed by atoms with E-state index >= 15 is 0 Å². The zero-order valence-corrected chi connectivity index (χ0v) is 39.1. The number of amides is 1. The third kappa shape index (κ3) is 47.2. The molecule has 0 aliphatic heterocycles. The summed E-state index contributed by atoms with van der Waals surface area (Å²) >= 11 is 0. The van der Waals surface area contributed by atoms with Crippen molar-refractivity contribution in [1.29, 1.82) is 0 Å². The van der Waals surface area contributed by atoms with Crippen molar-refractivity contribution in [2.75, 3.05) is 6.61 Å². The Bertz CT molecular complexity index is 1320. The highest BCUT2D eigenvalue weighted by Crippen LogP contribution is 2.11. The monoisotopic (exact) mass is 838 g/mol. The highest BCUT2D eigenvalue weighted by Gasteiger charge is 2.17. The van der Waals surface area contributed by atoms with Crippen LogP contribution in [0.3, 0.4) is 0 Å². The van der Waals surface area contributed by atoms with Crippen molar-refractivity contribution in [1.82, 2.24) is 5.32 Å². The Hall–Kier alpha value is -3.73. The van der Waals surface area contributed by atoms with Crippen LogP contribution < -0.4 is 5.32 Å². The second-order valence-corrected chi connectivity index (χ2v) is 15.8. The number of hydrogen-bond acceptors (Lipinski definition) is 3. The molecule has 0 spiro atoms. The molecule has 3 N–H and O–H groups in total. The van der Waals surface area contributed by atoms with Gasteiger partial charge in [0.15, 0.2) is 0 Å². The molecule has 1 amide bonds. The molecule has 0 heterocycles. The van der Waals surface area contributed by atoms with Gasteiger partial charge in [-0.2, -0.15) is 0 Å². The number of rotatable bonds is 42. The third-order valence-corrected chi connectivity index (χ3v) is 10.1. The number of carbonyl (C=O) groups is 1. The van der Waals surface area contributed by atoms with Crippen LogP contribution in [-0.2, 0) is 4.79 Å². The van der Waals surface area contributed by atoms with E-state index < -0.39 is 12.1 Å². The summed E-state index contributed by atoms with van der Waals surface area (Å²) < 4.78 is 0. The van der Waals surface area contributed by atoms with Crippen LogP contribution in [0.2, 0.25) is 0 Å². The van der Waals surface area contributed by atoms with E-state index in [1.165, 1.54) is 57.8 Å². The molecule has 61 heavy (non-hydrogen) atoms. The quantitative estimate of drug-likeness (QED) is 0.0424. The van der Waals surface area contributed by atoms with Crippen molar-refractivity contribution in [3.8, 4) is 0 Å². The first-order chi connectivity index (χ1) is 30.2. The summed E-state index contributed by atoms with van der Waals surface area (Å²) in [6, 6.07) is -0.656. The number of hydrogen-bond donors (Lipinski definition) is 3. The topological polar surface area (TPSA) is 69.6 Å². The minimum absolute atomic E-state index is 0.0973. The Morgan fingerprint density at radius 3 is 1.15 bits per heavy atom. The van der Waals surface area contributed by atoms with E-state index in [2.05, 4.69) is 153 Å². The Morgan fingerprint density at radius 2 is 0.738 bits per heavy atom. The molecule has 0 bridgehead atoms. The lowest BCUT2D eigenvalue weighted by atomic mass is 10.1. The van der Waals surface area contributed by atoms with Crippen LogP contribution in [0.5, 0.6) is 0 Å². The minimum atomic E-state index is -0.877. The molecule has 0 aromatic rings. The molecule has 2 unspecified atom stereocenters. The van der Waals surface area contributed by atoms with Crippen LogP contribution in [0.4, 0.5) is 0 Å². The fraction of sp³-hybridized carbons (Fsp3) is 0.561. The van der Waals surface area contributed by atoms with Gasteiger partial charge in [-0.15, -0.1) is 0 Å². The van der Waals surface area contributed by atoms with E-state index in [1.54, 1.807) is 6.08 Å². The second-order valence-electron chi connectivity index (χ2n) is 15.8. The van der Waals surface area contributed by atoms with Crippen LogP contribution >= 0.6 is 0 Å². The molecule has 0 fully saturated rings. The molecule has 4 heteroatoms. The Balaban J connectivity index is 3.71. The first kappa shape index (κ1) is 57.3. The van der Waals surface area contributed by atoms with Crippen LogP contribution in [0, 0.1) is 0 Å². The van der Waals surface area contributed by atoms with E-state index in [4.69, 9.17) is 0 Å². The fourth-order valence-corrected chi connectivity index (χ4v) is 6.34. The standard InChI is InChI=1S/C57H91NO3/c1-3-5-7-9-11-13-15-17-18-19-20-21-22-23-24-25-26-27-28-29-30-31-32-33-34-35-36-37-38-39-40-41-43-45-47-49-51-53-57(61)58-55(54-59)56(60)52-50-48-46-44-42-16-14-12-10-8-6-4-2/h5,7,11,13,17-18,20-21,23-24,26-27,29-30,32-33,35-36,38-39,42,44,50,52,55-56,59-60H,3-4,6,8-10,12,14-16,19,22,25,28,31,34,37,40-41,43,45-49,51,53-54H2,1-2H3,(H,58,61)/b7-5-,13-11-,18-17-,21-20-,24-23-,27-26-,30-29-,33-32-,36-35-,39-38-,44-42+,52-50+. The normalized spacial score (nSPS) is 14.2. The van der Waals surface area contributed by atoms with Gasteiger partial charge in [0.05, 0.1) is 18.8 Å². The van der Waals surface area contributed by atoms with Crippen LogP contribution in [0.25, 0.3) is 0 Å². The summed E-state index contributed by atoms with van der Waals surface area (Å²) in [4.78, 5) is 12.4. The van der Waals surface area contributed by atoms with Gasteiger partial charge in [-0.1, -0.05) is 217 Å². The number of aliphatic hydroxyl groups excluding tert-OH is 2. The van der Waals surface area contributed by atoms with E-state index in [9.17, 15) is 15.0 Å². The third-order valence-electron chi connectivity index (χ3n) is 10.1. The smallest absolute Gasteiger partial charge is 0.220 e. The fourth-order valence-electron chi connectivity index (χ4n) is 6.34. The molecular formula is C57H91NO3. The summed E-state index contributed by atoms with van der Waals surface area (Å²) in [5, 5.41) is 22.9. The molecule has 342 valence electrons. The summed E-state index contributed by atoms with van der Waals surface area (Å²) in [5.74, 6) is -0.0973. The summed E-state index contributed by atoms with van der Waals surface area (Å²) in [6.45, 7) is 4.14. The van der Waals surface area contributed by atoms with Crippen molar-refractivity contribution >= 4 is 5.91 Å². The van der Waals surface area contributed by atoms with Gasteiger partial charge in [-0.3, -0.25) is 4.79 Å². The molecule has 0 aliphatic carbocycles. The first-order valence-electron chi connectivity index (χ1n) is 24.5. The lowest BCUT2D eigenvalue weighted by Crippen LogP contribution is -2.45. The number of unbranched alkanes of at least 4 members (excludes halogenated alkanes) is 13. The number of allylic oxidation sites excluding steroid dienone is 23. The maximum absolute atomic E-state index is 12.4. The zero-order chi connectivity index (χ0) is 44.2. The second kappa shape index (κ2) is 50.6. The summed E-state index contributed by atoms with van der Waals surface area (Å²) in [6.07, 6.45) is 81.1. The van der Waals surface area contributed by atoms with E-state index in [0.717, 1.165) is 109 Å². The average molecular weight is 838 g/mol. The van der Waals surface area contributed by atoms with Gasteiger partial charge in [-0.25, -0.2) is 0 Å². The van der Waals surface area contributed by atoms with Crippen LogP contribution in [0.15, 0.2) is 146 Å². The number of carbonyl (C=O) groups excluding carboxylic acids is 1. The molecule has 0 rings (SSSR count). The number of nitrogens with one attached hydrogen (secondary N) is 1. The highest BCUT2D eigenvalue weighted by molar-refractivity contribution is 5.76. The van der Waals surface area contributed by atoms with E-state index in [1.807, 2.05) is 6.08 Å². The maximum atomic E-state index is 12.4. The van der Waals surface area contributed by atoms with Gasteiger partial charge in [0.25, 0.3) is 0 Å². The van der Waals surface area contributed by atoms with Crippen molar-refractivity contribution in [3.63, 3.8) is 0 Å². The lowest BCUT2D eigenvalue weighted by molar-refractivity contribution is -0.123. The summed E-state index contributed by atoms with van der Waals surface area (Å²) in [7, 11) is 0. The van der Waals surface area contributed by atoms with Crippen molar-refractivity contribution < 1.29 is 15.0 Å². The van der Waals surface area contributed by atoms with Crippen LogP contribution in [0.1, 0.15) is 187 Å². The Kier molecular flexibility index (Phi) is 47.5. The van der Waals surface area contributed by atoms with E-state index in [0.29, 0.717) is 6.42 Å². The van der Waals surface area contributed by atoms with Crippen LogP contribution in [-0.4, -0.2) is 34.9 Å². The molecule has 4 nitrogen and oxygen atoms in total. The van der Waals surface area contributed by atoms with E-state index in [-0.39, 0.29) is 12.5 Å². The van der Waals surface area contributed by atoms with Crippen molar-refractivity contribution in [3.05, 3.63) is 146 Å². The predicted octanol–water partition coefficient (Wildman–Crippen LogP) is 16.1. The Morgan fingerprint density at radius 1 is 0.410 bits per heavy atom. The molecule has 0 saturated heterocycles. The highest BCUT2D eigenvalue weighted by atomic mass is 16.3. The molecule has 0 radical (unpaired) electrons. The van der Waals surface area contributed by atoms with Crippen molar-refractivity contribution in [2.45, 2.75) is 199 Å². The Labute approximate surface area is 376 Å². The SMILES string of the molecule is CC/C=C\C/C=C\C/C=C\C/C=C\C/C=C\C/C=C\C/C=C\C/C=C\C/C=C\C/C=C\CCCCCCCCC(=O)NC(CO)C(O)/C=C/CC/C=C/CCCCCCCC. The van der Waals surface area contributed by atoms with Gasteiger partial charge in [0, 0.05) is 6.42 Å². The van der Waals surface area contributed by atoms with Gasteiger partial charge in [-0.05, 0) is 109 Å². The first-order valence-corrected chi connectivity index (χ1v) is 24.5.